The Hall–Kier alpha value is -2.63. The summed E-state index contributed by atoms with van der Waals surface area (Å²) in [5, 5.41) is 0. The van der Waals surface area contributed by atoms with Gasteiger partial charge in [-0.25, -0.2) is 4.79 Å². The van der Waals surface area contributed by atoms with Crippen LogP contribution in [0.2, 0.25) is 0 Å². The van der Waals surface area contributed by atoms with Crippen LogP contribution in [-0.2, 0) is 10.9 Å². The number of aliphatic imine (C=N–C) groups is 1. The van der Waals surface area contributed by atoms with Crippen molar-refractivity contribution in [1.82, 2.24) is 0 Å². The Labute approximate surface area is 124 Å². The third-order valence-electron chi connectivity index (χ3n) is 3.27. The predicted octanol–water partition coefficient (Wildman–Crippen LogP) is 4.32. The lowest BCUT2D eigenvalue weighted by Gasteiger charge is -2.06. The lowest BCUT2D eigenvalue weighted by Crippen LogP contribution is -2.03. The molecule has 2 aromatic carbocycles. The zero-order chi connectivity index (χ0) is 15.7. The zero-order valence-electron chi connectivity index (χ0n) is 11.2. The number of benzene rings is 2. The summed E-state index contributed by atoms with van der Waals surface area (Å²) < 4.78 is 42.6. The molecule has 1 unspecified atom stereocenters. The lowest BCUT2D eigenvalue weighted by atomic mass is 10.1. The smallest absolute Gasteiger partial charge is 0.416 e. The van der Waals surface area contributed by atoms with E-state index in [2.05, 4.69) is 4.99 Å². The van der Waals surface area contributed by atoms with Gasteiger partial charge in [0, 0.05) is 5.56 Å². The van der Waals surface area contributed by atoms with Crippen molar-refractivity contribution in [3.8, 4) is 0 Å². The van der Waals surface area contributed by atoms with Gasteiger partial charge in [-0.3, -0.25) is 4.99 Å². The van der Waals surface area contributed by atoms with Gasteiger partial charge in [0.2, 0.25) is 0 Å². The van der Waals surface area contributed by atoms with Gasteiger partial charge in [-0.05, 0) is 30.3 Å². The number of hydrogen-bond donors (Lipinski definition) is 0. The number of halogens is 3. The highest BCUT2D eigenvalue weighted by molar-refractivity contribution is 5.97. The molecule has 1 heterocycles. The van der Waals surface area contributed by atoms with E-state index in [0.29, 0.717) is 16.8 Å². The second kappa shape index (κ2) is 5.29. The van der Waals surface area contributed by atoms with Crippen LogP contribution in [0.3, 0.4) is 0 Å². The van der Waals surface area contributed by atoms with Crippen LogP contribution in [0.1, 0.15) is 27.6 Å². The summed E-state index contributed by atoms with van der Waals surface area (Å²) in [7, 11) is 0. The van der Waals surface area contributed by atoms with Crippen molar-refractivity contribution in [1.29, 1.82) is 0 Å². The Bertz CT molecular complexity index is 736. The van der Waals surface area contributed by atoms with Gasteiger partial charge in [-0.1, -0.05) is 18.2 Å². The molecule has 0 spiro atoms. The average Bonchev–Trinajstić information content (AvgIpc) is 2.82. The summed E-state index contributed by atoms with van der Waals surface area (Å²) in [6, 6.07) is 11.4. The van der Waals surface area contributed by atoms with Gasteiger partial charge in [-0.2, -0.15) is 13.2 Å². The summed E-state index contributed by atoms with van der Waals surface area (Å²) in [5.41, 5.74) is 0.798. The van der Waals surface area contributed by atoms with Crippen molar-refractivity contribution in [2.45, 2.75) is 12.3 Å². The molecule has 6 heteroatoms. The van der Waals surface area contributed by atoms with E-state index in [-0.39, 0.29) is 0 Å². The molecule has 1 atom stereocenters. The van der Waals surface area contributed by atoms with Gasteiger partial charge in [0.05, 0.1) is 23.0 Å². The molecule has 1 aliphatic rings. The Balaban J connectivity index is 1.80. The van der Waals surface area contributed by atoms with Crippen molar-refractivity contribution < 1.29 is 22.7 Å². The molecule has 0 aliphatic carbocycles. The van der Waals surface area contributed by atoms with Crippen LogP contribution in [0, 0.1) is 0 Å². The van der Waals surface area contributed by atoms with E-state index in [0.717, 1.165) is 12.1 Å². The lowest BCUT2D eigenvalue weighted by molar-refractivity contribution is -0.137. The van der Waals surface area contributed by atoms with Crippen molar-refractivity contribution in [2.75, 3.05) is 0 Å². The SMILES string of the molecule is O=C1OC(C=Nc2ccc(C(F)(F)F)cc2)c2ccccc21. The van der Waals surface area contributed by atoms with E-state index in [1.54, 1.807) is 24.3 Å². The van der Waals surface area contributed by atoms with Gasteiger partial charge in [-0.15, -0.1) is 0 Å². The fourth-order valence-corrected chi connectivity index (χ4v) is 2.17. The fourth-order valence-electron chi connectivity index (χ4n) is 2.17. The number of cyclic esters (lactones) is 1. The van der Waals surface area contributed by atoms with Crippen LogP contribution in [0.5, 0.6) is 0 Å². The minimum atomic E-state index is -4.37. The van der Waals surface area contributed by atoms with E-state index in [1.165, 1.54) is 18.3 Å². The third-order valence-corrected chi connectivity index (χ3v) is 3.27. The molecule has 3 rings (SSSR count). The molecule has 22 heavy (non-hydrogen) atoms. The Kier molecular flexibility index (Phi) is 3.44. The Morgan fingerprint density at radius 1 is 1.05 bits per heavy atom. The fraction of sp³-hybridized carbons (Fsp3) is 0.125. The van der Waals surface area contributed by atoms with Crippen molar-refractivity contribution in [3.63, 3.8) is 0 Å². The number of hydrogen-bond acceptors (Lipinski definition) is 3. The molecule has 0 bridgehead atoms. The predicted molar refractivity (Wildman–Crippen MR) is 74.2 cm³/mol. The van der Waals surface area contributed by atoms with Crippen LogP contribution in [0.15, 0.2) is 53.5 Å². The molecule has 0 fully saturated rings. The van der Waals surface area contributed by atoms with Crippen LogP contribution >= 0.6 is 0 Å². The average molecular weight is 305 g/mol. The van der Waals surface area contributed by atoms with E-state index in [9.17, 15) is 18.0 Å². The molecule has 0 radical (unpaired) electrons. The van der Waals surface area contributed by atoms with Gasteiger partial charge < -0.3 is 4.74 Å². The van der Waals surface area contributed by atoms with Crippen molar-refractivity contribution in [3.05, 3.63) is 65.2 Å². The summed E-state index contributed by atoms with van der Waals surface area (Å²) in [6.45, 7) is 0. The van der Waals surface area contributed by atoms with Crippen LogP contribution in [-0.4, -0.2) is 12.2 Å². The van der Waals surface area contributed by atoms with Gasteiger partial charge in [0.15, 0.2) is 6.10 Å². The monoisotopic (exact) mass is 305 g/mol. The highest BCUT2D eigenvalue weighted by Crippen LogP contribution is 2.31. The molecule has 0 saturated carbocycles. The number of carbonyl (C=O) groups is 1. The first-order valence-electron chi connectivity index (χ1n) is 6.46. The first-order valence-corrected chi connectivity index (χ1v) is 6.46. The molecule has 0 amide bonds. The first-order chi connectivity index (χ1) is 10.4. The molecule has 112 valence electrons. The minimum absolute atomic E-state index is 0.355. The molecule has 1 aliphatic heterocycles. The normalized spacial score (nSPS) is 17.6. The maximum atomic E-state index is 12.5. The zero-order valence-corrected chi connectivity index (χ0v) is 11.2. The maximum Gasteiger partial charge on any atom is 0.416 e. The molecule has 2 aromatic rings. The molecular weight excluding hydrogens is 295 g/mol. The number of nitrogens with zero attached hydrogens (tertiary/aromatic N) is 1. The van der Waals surface area contributed by atoms with Crippen LogP contribution < -0.4 is 0 Å². The van der Waals surface area contributed by atoms with Crippen molar-refractivity contribution >= 4 is 17.9 Å². The van der Waals surface area contributed by atoms with Gasteiger partial charge >= 0.3 is 12.1 Å². The summed E-state index contributed by atoms with van der Waals surface area (Å²) in [6.07, 6.45) is -3.58. The maximum absolute atomic E-state index is 12.5. The van der Waals surface area contributed by atoms with E-state index >= 15 is 0 Å². The highest BCUT2D eigenvalue weighted by Gasteiger charge is 2.30. The van der Waals surface area contributed by atoms with Gasteiger partial charge in [0.1, 0.15) is 0 Å². The minimum Gasteiger partial charge on any atom is -0.448 e. The number of fused-ring (bicyclic) bond motifs is 1. The topological polar surface area (TPSA) is 38.7 Å². The number of esters is 1. The number of alkyl halides is 3. The Morgan fingerprint density at radius 3 is 2.41 bits per heavy atom. The molecule has 0 saturated heterocycles. The molecular formula is C16H10F3NO2. The summed E-state index contributed by atoms with van der Waals surface area (Å²) >= 11 is 0. The number of ether oxygens (including phenoxy) is 1. The van der Waals surface area contributed by atoms with Crippen LogP contribution in [0.4, 0.5) is 18.9 Å². The highest BCUT2D eigenvalue weighted by atomic mass is 19.4. The third kappa shape index (κ3) is 2.72. The van der Waals surface area contributed by atoms with E-state index < -0.39 is 23.8 Å². The second-order valence-electron chi connectivity index (χ2n) is 4.74. The molecule has 0 aromatic heterocycles. The Morgan fingerprint density at radius 2 is 1.73 bits per heavy atom. The largest absolute Gasteiger partial charge is 0.448 e. The number of rotatable bonds is 2. The van der Waals surface area contributed by atoms with Gasteiger partial charge in [0.25, 0.3) is 0 Å². The quantitative estimate of drug-likeness (QED) is 0.612. The molecule has 0 N–H and O–H groups in total. The first kappa shape index (κ1) is 14.3. The number of carbonyl (C=O) groups excluding carboxylic acids is 1. The van der Waals surface area contributed by atoms with Crippen molar-refractivity contribution in [2.24, 2.45) is 4.99 Å². The second-order valence-corrected chi connectivity index (χ2v) is 4.74. The van der Waals surface area contributed by atoms with E-state index in [4.69, 9.17) is 4.74 Å². The summed E-state index contributed by atoms with van der Waals surface area (Å²) in [4.78, 5) is 15.7. The van der Waals surface area contributed by atoms with Crippen LogP contribution in [0.25, 0.3) is 0 Å². The standard InChI is InChI=1S/C16H10F3NO2/c17-16(18,19)10-5-7-11(8-6-10)20-9-14-12-3-1-2-4-13(12)15(21)22-14/h1-9,14H. The van der Waals surface area contributed by atoms with E-state index in [1.807, 2.05) is 0 Å². The summed E-state index contributed by atoms with van der Waals surface area (Å²) in [5.74, 6) is -0.431. The molecule has 3 nitrogen and oxygen atoms in total.